The number of hydrogen-bond donors (Lipinski definition) is 1. The highest BCUT2D eigenvalue weighted by Gasteiger charge is 2.17. The molecule has 1 heterocycles. The Bertz CT molecular complexity index is 367. The van der Waals surface area contributed by atoms with Gasteiger partial charge in [-0.15, -0.1) is 0 Å². The molecule has 2 rings (SSSR count). The molecule has 80 valence electrons. The maximum Gasteiger partial charge on any atom is 0.236 e. The van der Waals surface area contributed by atoms with E-state index in [2.05, 4.69) is 5.32 Å². The molecule has 1 N–H and O–H groups in total. The number of halogens is 1. The fraction of sp³-hybridized carbons (Fsp3) is 0.364. The van der Waals surface area contributed by atoms with E-state index in [9.17, 15) is 4.79 Å². The number of carbonyl (C=O) groups is 1. The number of carbonyl (C=O) groups excluding carboxylic acids is 1. The number of amides is 1. The van der Waals surface area contributed by atoms with Crippen molar-refractivity contribution in [3.63, 3.8) is 0 Å². The van der Waals surface area contributed by atoms with Gasteiger partial charge in [0.2, 0.25) is 5.91 Å². The molecule has 0 radical (unpaired) electrons. The molecule has 0 bridgehead atoms. The standard InChI is InChI=1S/C11H13ClN2O/c12-10-3-1-2-9(6-10)8-14-5-4-13-7-11(14)15/h1-3,6,13H,4-5,7-8H2. The Hall–Kier alpha value is -1.06. The molecule has 1 aliphatic rings. The molecule has 1 fully saturated rings. The van der Waals surface area contributed by atoms with Gasteiger partial charge in [-0.05, 0) is 17.7 Å². The molecule has 1 aromatic carbocycles. The zero-order valence-electron chi connectivity index (χ0n) is 8.37. The van der Waals surface area contributed by atoms with Crippen LogP contribution in [0.25, 0.3) is 0 Å². The molecular weight excluding hydrogens is 212 g/mol. The lowest BCUT2D eigenvalue weighted by Gasteiger charge is -2.27. The topological polar surface area (TPSA) is 32.3 Å². The third kappa shape index (κ3) is 2.70. The number of benzene rings is 1. The van der Waals surface area contributed by atoms with Crippen LogP contribution in [0.2, 0.25) is 5.02 Å². The van der Waals surface area contributed by atoms with Crippen molar-refractivity contribution in [1.29, 1.82) is 0 Å². The first-order valence-corrected chi connectivity index (χ1v) is 5.36. The maximum absolute atomic E-state index is 11.5. The first kappa shape index (κ1) is 10.5. The minimum Gasteiger partial charge on any atom is -0.336 e. The van der Waals surface area contributed by atoms with Crippen LogP contribution in [0.1, 0.15) is 5.56 Å². The highest BCUT2D eigenvalue weighted by Crippen LogP contribution is 2.13. The van der Waals surface area contributed by atoms with Gasteiger partial charge in [0.15, 0.2) is 0 Å². The molecule has 0 spiro atoms. The van der Waals surface area contributed by atoms with Crippen LogP contribution in [-0.4, -0.2) is 30.4 Å². The predicted octanol–water partition coefficient (Wildman–Crippen LogP) is 1.27. The van der Waals surface area contributed by atoms with Crippen LogP contribution in [-0.2, 0) is 11.3 Å². The van der Waals surface area contributed by atoms with Crippen LogP contribution in [0.5, 0.6) is 0 Å². The van der Waals surface area contributed by atoms with E-state index < -0.39 is 0 Å². The minimum atomic E-state index is 0.154. The second-order valence-corrected chi connectivity index (χ2v) is 4.06. The third-order valence-electron chi connectivity index (χ3n) is 2.45. The SMILES string of the molecule is O=C1CNCCN1Cc1cccc(Cl)c1. The zero-order valence-corrected chi connectivity index (χ0v) is 9.13. The van der Waals surface area contributed by atoms with E-state index in [0.29, 0.717) is 13.1 Å². The number of nitrogens with zero attached hydrogens (tertiary/aromatic N) is 1. The van der Waals surface area contributed by atoms with Gasteiger partial charge in [0.25, 0.3) is 0 Å². The van der Waals surface area contributed by atoms with Crippen molar-refractivity contribution in [3.8, 4) is 0 Å². The quantitative estimate of drug-likeness (QED) is 0.821. The van der Waals surface area contributed by atoms with Crippen LogP contribution >= 0.6 is 11.6 Å². The first-order chi connectivity index (χ1) is 7.25. The maximum atomic E-state index is 11.5. The summed E-state index contributed by atoms with van der Waals surface area (Å²) in [5.74, 6) is 0.154. The van der Waals surface area contributed by atoms with Gasteiger partial charge < -0.3 is 10.2 Å². The second-order valence-electron chi connectivity index (χ2n) is 3.62. The van der Waals surface area contributed by atoms with E-state index in [-0.39, 0.29) is 5.91 Å². The summed E-state index contributed by atoms with van der Waals surface area (Å²) in [5.41, 5.74) is 1.08. The van der Waals surface area contributed by atoms with E-state index in [1.54, 1.807) is 0 Å². The van der Waals surface area contributed by atoms with Gasteiger partial charge in [0.1, 0.15) is 0 Å². The van der Waals surface area contributed by atoms with Gasteiger partial charge in [-0.1, -0.05) is 23.7 Å². The third-order valence-corrected chi connectivity index (χ3v) is 2.68. The Morgan fingerprint density at radius 3 is 3.07 bits per heavy atom. The molecule has 0 aromatic heterocycles. The number of rotatable bonds is 2. The Labute approximate surface area is 94.0 Å². The van der Waals surface area contributed by atoms with Crippen LogP contribution in [0, 0.1) is 0 Å². The van der Waals surface area contributed by atoms with Gasteiger partial charge in [-0.3, -0.25) is 4.79 Å². The van der Waals surface area contributed by atoms with E-state index in [0.717, 1.165) is 23.7 Å². The smallest absolute Gasteiger partial charge is 0.236 e. The lowest BCUT2D eigenvalue weighted by Crippen LogP contribution is -2.47. The largest absolute Gasteiger partial charge is 0.336 e. The zero-order chi connectivity index (χ0) is 10.7. The van der Waals surface area contributed by atoms with Crippen LogP contribution in [0.15, 0.2) is 24.3 Å². The average Bonchev–Trinajstić information content (AvgIpc) is 2.22. The summed E-state index contributed by atoms with van der Waals surface area (Å²) in [7, 11) is 0. The molecule has 1 saturated heterocycles. The molecule has 4 heteroatoms. The van der Waals surface area contributed by atoms with Gasteiger partial charge >= 0.3 is 0 Å². The summed E-state index contributed by atoms with van der Waals surface area (Å²) in [6.07, 6.45) is 0. The summed E-state index contributed by atoms with van der Waals surface area (Å²) >= 11 is 5.88. The molecule has 3 nitrogen and oxygen atoms in total. The molecule has 0 saturated carbocycles. The normalized spacial score (nSPS) is 16.9. The Balaban J connectivity index is 2.04. The summed E-state index contributed by atoms with van der Waals surface area (Å²) in [4.78, 5) is 13.4. The predicted molar refractivity (Wildman–Crippen MR) is 59.7 cm³/mol. The van der Waals surface area contributed by atoms with Crippen molar-refractivity contribution in [2.45, 2.75) is 6.54 Å². The Kier molecular flexibility index (Phi) is 3.23. The van der Waals surface area contributed by atoms with Crippen molar-refractivity contribution < 1.29 is 4.79 Å². The van der Waals surface area contributed by atoms with E-state index in [4.69, 9.17) is 11.6 Å². The minimum absolute atomic E-state index is 0.154. The molecular formula is C11H13ClN2O. The van der Waals surface area contributed by atoms with Gasteiger partial charge in [-0.25, -0.2) is 0 Å². The van der Waals surface area contributed by atoms with Crippen molar-refractivity contribution >= 4 is 17.5 Å². The van der Waals surface area contributed by atoms with Crippen molar-refractivity contribution in [3.05, 3.63) is 34.9 Å². The molecule has 1 aliphatic heterocycles. The number of hydrogen-bond acceptors (Lipinski definition) is 2. The first-order valence-electron chi connectivity index (χ1n) is 4.98. The van der Waals surface area contributed by atoms with E-state index in [1.165, 1.54) is 0 Å². The fourth-order valence-corrected chi connectivity index (χ4v) is 1.88. The molecule has 0 aliphatic carbocycles. The van der Waals surface area contributed by atoms with Crippen LogP contribution < -0.4 is 5.32 Å². The van der Waals surface area contributed by atoms with Gasteiger partial charge in [0.05, 0.1) is 6.54 Å². The molecule has 1 amide bonds. The van der Waals surface area contributed by atoms with E-state index >= 15 is 0 Å². The number of piperazine rings is 1. The summed E-state index contributed by atoms with van der Waals surface area (Å²) in [6, 6.07) is 7.63. The monoisotopic (exact) mass is 224 g/mol. The van der Waals surface area contributed by atoms with Crippen LogP contribution in [0.3, 0.4) is 0 Å². The van der Waals surface area contributed by atoms with Crippen molar-refractivity contribution in [1.82, 2.24) is 10.2 Å². The molecule has 1 aromatic rings. The summed E-state index contributed by atoms with van der Waals surface area (Å²) < 4.78 is 0. The molecule has 0 unspecified atom stereocenters. The average molecular weight is 225 g/mol. The van der Waals surface area contributed by atoms with E-state index in [1.807, 2.05) is 29.2 Å². The molecule has 0 atom stereocenters. The van der Waals surface area contributed by atoms with Crippen LogP contribution in [0.4, 0.5) is 0 Å². The Morgan fingerprint density at radius 2 is 2.33 bits per heavy atom. The summed E-state index contributed by atoms with van der Waals surface area (Å²) in [6.45, 7) is 2.74. The van der Waals surface area contributed by atoms with Crippen molar-refractivity contribution in [2.24, 2.45) is 0 Å². The fourth-order valence-electron chi connectivity index (χ4n) is 1.67. The highest BCUT2D eigenvalue weighted by atomic mass is 35.5. The van der Waals surface area contributed by atoms with Gasteiger partial charge in [-0.2, -0.15) is 0 Å². The van der Waals surface area contributed by atoms with Crippen molar-refractivity contribution in [2.75, 3.05) is 19.6 Å². The lowest BCUT2D eigenvalue weighted by molar-refractivity contribution is -0.132. The van der Waals surface area contributed by atoms with Gasteiger partial charge in [0, 0.05) is 24.7 Å². The Morgan fingerprint density at radius 1 is 1.47 bits per heavy atom. The molecule has 15 heavy (non-hydrogen) atoms. The number of nitrogens with one attached hydrogen (secondary N) is 1. The highest BCUT2D eigenvalue weighted by molar-refractivity contribution is 6.30. The lowest BCUT2D eigenvalue weighted by atomic mass is 10.2. The second kappa shape index (κ2) is 4.64. The summed E-state index contributed by atoms with van der Waals surface area (Å²) in [5, 5.41) is 3.76.